The zero-order valence-electron chi connectivity index (χ0n) is 7.40. The molecule has 0 aliphatic carbocycles. The number of aromatic amines is 1. The van der Waals surface area contributed by atoms with Gasteiger partial charge in [-0.2, -0.15) is 0 Å². The monoisotopic (exact) mass is 198 g/mol. The van der Waals surface area contributed by atoms with Crippen molar-refractivity contribution in [3.63, 3.8) is 0 Å². The summed E-state index contributed by atoms with van der Waals surface area (Å²) in [6, 6.07) is 3.18. The van der Waals surface area contributed by atoms with Crippen molar-refractivity contribution in [2.45, 2.75) is 0 Å². The quantitative estimate of drug-likeness (QED) is 0.422. The number of nitrogens with zero attached hydrogens (tertiary/aromatic N) is 1. The first-order chi connectivity index (χ1) is 5.93. The predicted molar refractivity (Wildman–Crippen MR) is 51.4 cm³/mol. The van der Waals surface area contributed by atoms with Crippen LogP contribution in [0.15, 0.2) is 18.3 Å². The molecule has 0 fully saturated rings. The Labute approximate surface area is 81.0 Å². The maximum atomic E-state index is 11.5. The zero-order chi connectivity index (χ0) is 10.1. The van der Waals surface area contributed by atoms with Gasteiger partial charge in [0.15, 0.2) is 0 Å². The van der Waals surface area contributed by atoms with Crippen LogP contribution < -0.4 is 0 Å². The second kappa shape index (κ2) is 3.37. The summed E-state index contributed by atoms with van der Waals surface area (Å²) >= 11 is 4.87. The van der Waals surface area contributed by atoms with E-state index in [0.717, 1.165) is 0 Å². The van der Waals surface area contributed by atoms with Gasteiger partial charge in [-0.15, -0.1) is 0 Å². The van der Waals surface area contributed by atoms with Crippen molar-refractivity contribution >= 4 is 18.1 Å². The van der Waals surface area contributed by atoms with Gasteiger partial charge in [0.05, 0.1) is 14.1 Å². The first-order valence-electron chi connectivity index (χ1n) is 3.70. The van der Waals surface area contributed by atoms with E-state index >= 15 is 0 Å². The van der Waals surface area contributed by atoms with Gasteiger partial charge in [-0.3, -0.25) is 4.65 Å². The van der Waals surface area contributed by atoms with Crippen LogP contribution in [-0.2, 0) is 0 Å². The Morgan fingerprint density at radius 1 is 1.62 bits per heavy atom. The summed E-state index contributed by atoms with van der Waals surface area (Å²) < 4.78 is -0.698. The molecule has 70 valence electrons. The smallest absolute Gasteiger partial charge is 0.348 e. The van der Waals surface area contributed by atoms with Gasteiger partial charge in [0.25, 0.3) is 0 Å². The summed E-state index contributed by atoms with van der Waals surface area (Å²) in [6.45, 7) is 0. The van der Waals surface area contributed by atoms with Crippen molar-refractivity contribution in [1.82, 2.24) is 4.98 Å². The van der Waals surface area contributed by atoms with Crippen LogP contribution in [0.25, 0.3) is 0 Å². The highest BCUT2D eigenvalue weighted by Crippen LogP contribution is 2.07. The number of pyridine rings is 1. The predicted octanol–water partition coefficient (Wildman–Crippen LogP) is 1.46. The van der Waals surface area contributed by atoms with E-state index in [1.165, 1.54) is 14.1 Å². The molecule has 0 aliphatic rings. The van der Waals surface area contributed by atoms with Crippen LogP contribution in [0.3, 0.4) is 0 Å². The number of H-pyrrole nitrogens is 1. The molecule has 1 amide bonds. The van der Waals surface area contributed by atoms with Crippen LogP contribution in [0, 0.1) is 9.85 Å². The van der Waals surface area contributed by atoms with Gasteiger partial charge in [-0.25, -0.2) is 4.79 Å². The lowest BCUT2D eigenvalue weighted by molar-refractivity contribution is -0.752. The zero-order valence-corrected chi connectivity index (χ0v) is 8.22. The molecule has 1 N–H and O–H groups in total. The number of aromatic nitrogens is 1. The van der Waals surface area contributed by atoms with Gasteiger partial charge in [0.1, 0.15) is 10.2 Å². The Bertz CT molecular complexity index is 378. The highest BCUT2D eigenvalue weighted by atomic mass is 32.1. The molecule has 0 aliphatic heterocycles. The van der Waals surface area contributed by atoms with Gasteiger partial charge in [0, 0.05) is 6.20 Å². The number of hydroxylamine groups is 3. The molecule has 5 heteroatoms. The SMILES string of the molecule is C[N+](C)([O-])C(=O)c1ccc[nH]c1=S. The molecule has 1 rings (SSSR count). The van der Waals surface area contributed by atoms with E-state index in [1.807, 2.05) is 0 Å². The van der Waals surface area contributed by atoms with E-state index in [9.17, 15) is 10.0 Å². The number of carbonyl (C=O) groups excluding carboxylic acids is 1. The summed E-state index contributed by atoms with van der Waals surface area (Å²) in [4.78, 5) is 14.2. The first-order valence-corrected chi connectivity index (χ1v) is 4.11. The maximum absolute atomic E-state index is 11.5. The van der Waals surface area contributed by atoms with Crippen LogP contribution in [0.4, 0.5) is 0 Å². The highest BCUT2D eigenvalue weighted by molar-refractivity contribution is 7.71. The topological polar surface area (TPSA) is 55.9 Å². The van der Waals surface area contributed by atoms with E-state index in [2.05, 4.69) is 4.98 Å². The number of rotatable bonds is 1. The minimum Gasteiger partial charge on any atom is -0.625 e. The molecule has 1 heterocycles. The van der Waals surface area contributed by atoms with Crippen molar-refractivity contribution in [1.29, 1.82) is 0 Å². The largest absolute Gasteiger partial charge is 0.625 e. The first kappa shape index (κ1) is 10.0. The van der Waals surface area contributed by atoms with Crippen LogP contribution in [0.1, 0.15) is 10.4 Å². The maximum Gasteiger partial charge on any atom is 0.348 e. The average molecular weight is 198 g/mol. The molecule has 0 radical (unpaired) electrons. The van der Waals surface area contributed by atoms with E-state index in [-0.39, 0.29) is 5.56 Å². The lowest BCUT2D eigenvalue weighted by Gasteiger charge is -2.29. The minimum absolute atomic E-state index is 0.262. The molecule has 0 saturated heterocycles. The molecule has 1 aromatic rings. The van der Waals surface area contributed by atoms with E-state index in [1.54, 1.807) is 18.3 Å². The fourth-order valence-corrected chi connectivity index (χ4v) is 1.10. The molecule has 0 spiro atoms. The third kappa shape index (κ3) is 2.21. The highest BCUT2D eigenvalue weighted by Gasteiger charge is 2.19. The Kier molecular flexibility index (Phi) is 2.60. The third-order valence-corrected chi connectivity index (χ3v) is 1.88. The molecular formula is C8H10N2O2S. The van der Waals surface area contributed by atoms with Crippen LogP contribution in [0.5, 0.6) is 0 Å². The normalized spacial score (nSPS) is 11.3. The summed E-state index contributed by atoms with van der Waals surface area (Å²) in [5.41, 5.74) is 0.262. The fourth-order valence-electron chi connectivity index (χ4n) is 0.880. The van der Waals surface area contributed by atoms with Gasteiger partial charge in [-0.05, 0) is 12.1 Å². The Morgan fingerprint density at radius 3 is 2.69 bits per heavy atom. The molecule has 0 atom stereocenters. The van der Waals surface area contributed by atoms with Crippen molar-refractivity contribution in [3.8, 4) is 0 Å². The number of amides is 1. The van der Waals surface area contributed by atoms with Crippen molar-refractivity contribution in [3.05, 3.63) is 33.7 Å². The van der Waals surface area contributed by atoms with Crippen molar-refractivity contribution in [2.24, 2.45) is 0 Å². The summed E-state index contributed by atoms with van der Waals surface area (Å²) in [7, 11) is 2.54. The lowest BCUT2D eigenvalue weighted by atomic mass is 10.2. The summed E-state index contributed by atoms with van der Waals surface area (Å²) in [6.07, 6.45) is 1.61. The van der Waals surface area contributed by atoms with E-state index in [0.29, 0.717) is 4.64 Å². The van der Waals surface area contributed by atoms with Gasteiger partial charge < -0.3 is 10.2 Å². The van der Waals surface area contributed by atoms with Gasteiger partial charge in [-0.1, -0.05) is 12.2 Å². The fraction of sp³-hybridized carbons (Fsp3) is 0.250. The second-order valence-electron chi connectivity index (χ2n) is 3.07. The Hall–Kier alpha value is -1.04. The molecule has 0 aromatic carbocycles. The van der Waals surface area contributed by atoms with E-state index < -0.39 is 10.6 Å². The average Bonchev–Trinajstić information content (AvgIpc) is 2.02. The Morgan fingerprint density at radius 2 is 2.23 bits per heavy atom. The van der Waals surface area contributed by atoms with Crippen molar-refractivity contribution in [2.75, 3.05) is 14.1 Å². The summed E-state index contributed by atoms with van der Waals surface area (Å²) in [5, 5.41) is 11.3. The number of nitrogens with one attached hydrogen (secondary N) is 1. The number of hydrogen-bond acceptors (Lipinski definition) is 3. The molecule has 0 unspecified atom stereocenters. The molecule has 0 bridgehead atoms. The summed E-state index contributed by atoms with van der Waals surface area (Å²) in [5.74, 6) is -0.540. The Balaban J connectivity index is 3.18. The number of hydrogen-bond donors (Lipinski definition) is 1. The van der Waals surface area contributed by atoms with E-state index in [4.69, 9.17) is 12.2 Å². The van der Waals surface area contributed by atoms with Gasteiger partial charge >= 0.3 is 5.91 Å². The molecule has 1 aromatic heterocycles. The standard InChI is InChI=1S/C8H10N2O2S/c1-10(2,12)8(11)6-4-3-5-9-7(6)13/h3-5H,1-2H3,(H,9,13). The number of quaternary nitrogens is 1. The van der Waals surface area contributed by atoms with Crippen LogP contribution in [0.2, 0.25) is 0 Å². The molecule has 4 nitrogen and oxygen atoms in total. The second-order valence-corrected chi connectivity index (χ2v) is 3.48. The molecular weight excluding hydrogens is 188 g/mol. The molecule has 0 saturated carbocycles. The lowest BCUT2D eigenvalue weighted by Crippen LogP contribution is -2.39. The van der Waals surface area contributed by atoms with Crippen LogP contribution in [-0.4, -0.2) is 29.6 Å². The minimum atomic E-state index is -0.999. The number of carbonyl (C=O) groups is 1. The van der Waals surface area contributed by atoms with Crippen LogP contribution >= 0.6 is 12.2 Å². The van der Waals surface area contributed by atoms with Crippen molar-refractivity contribution < 1.29 is 9.44 Å². The third-order valence-electron chi connectivity index (χ3n) is 1.54. The van der Waals surface area contributed by atoms with Gasteiger partial charge in [0.2, 0.25) is 0 Å². The molecule has 13 heavy (non-hydrogen) atoms.